The van der Waals surface area contributed by atoms with Crippen LogP contribution in [0.25, 0.3) is 0 Å². The van der Waals surface area contributed by atoms with Crippen molar-refractivity contribution in [2.75, 3.05) is 18.4 Å². The second-order valence-corrected chi connectivity index (χ2v) is 7.49. The van der Waals surface area contributed by atoms with E-state index in [9.17, 15) is 14.7 Å². The van der Waals surface area contributed by atoms with Crippen molar-refractivity contribution >= 4 is 23.2 Å². The summed E-state index contributed by atoms with van der Waals surface area (Å²) in [5, 5.41) is 16.3. The van der Waals surface area contributed by atoms with Gasteiger partial charge < -0.3 is 20.2 Å². The average Bonchev–Trinajstić information content (AvgIpc) is 3.03. The summed E-state index contributed by atoms with van der Waals surface area (Å²) in [4.78, 5) is 32.5. The Labute approximate surface area is 152 Å². The molecule has 2 fully saturated rings. The van der Waals surface area contributed by atoms with Gasteiger partial charge in [0.05, 0.1) is 12.6 Å². The van der Waals surface area contributed by atoms with Crippen molar-refractivity contribution in [2.45, 2.75) is 43.8 Å². The zero-order chi connectivity index (χ0) is 18.1. The summed E-state index contributed by atoms with van der Waals surface area (Å²) >= 11 is 0. The normalized spacial score (nSPS) is 30.3. The number of carbonyl (C=O) groups is 2. The van der Waals surface area contributed by atoms with Crippen LogP contribution in [0.4, 0.5) is 5.69 Å². The zero-order valence-electron chi connectivity index (χ0n) is 14.6. The second-order valence-electron chi connectivity index (χ2n) is 7.49. The van der Waals surface area contributed by atoms with E-state index in [1.807, 2.05) is 35.2 Å². The van der Waals surface area contributed by atoms with Gasteiger partial charge in [0.2, 0.25) is 5.91 Å². The number of rotatable bonds is 3. The minimum Gasteiger partial charge on any atom is -0.393 e. The first-order valence-corrected chi connectivity index (χ1v) is 9.13. The van der Waals surface area contributed by atoms with E-state index in [4.69, 9.17) is 4.84 Å². The molecule has 7 nitrogen and oxygen atoms in total. The lowest BCUT2D eigenvalue weighted by Gasteiger charge is -2.41. The lowest BCUT2D eigenvalue weighted by atomic mass is 9.80. The highest BCUT2D eigenvalue weighted by Crippen LogP contribution is 2.36. The third kappa shape index (κ3) is 3.31. The van der Waals surface area contributed by atoms with Gasteiger partial charge in [-0.3, -0.25) is 9.59 Å². The van der Waals surface area contributed by atoms with E-state index >= 15 is 0 Å². The molecule has 1 aromatic carbocycles. The standard InChI is InChI=1S/C19H23N3O4/c23-15-9-13(10-15)18(25)22-8-4-7-19(12-22)11-16(21-26-19)17(24)20-14-5-2-1-3-6-14/h1-3,5-6,13,15,23H,4,7-12H2,(H,20,24). The first-order chi connectivity index (χ1) is 12.5. The summed E-state index contributed by atoms with van der Waals surface area (Å²) < 4.78 is 0. The highest BCUT2D eigenvalue weighted by atomic mass is 16.7. The molecule has 3 aliphatic rings. The number of anilines is 1. The van der Waals surface area contributed by atoms with Gasteiger partial charge in [-0.1, -0.05) is 23.4 Å². The fourth-order valence-corrected chi connectivity index (χ4v) is 3.92. The number of oxime groups is 1. The summed E-state index contributed by atoms with van der Waals surface area (Å²) in [6.45, 7) is 1.14. The summed E-state index contributed by atoms with van der Waals surface area (Å²) in [7, 11) is 0. The van der Waals surface area contributed by atoms with Gasteiger partial charge in [0.25, 0.3) is 5.91 Å². The number of nitrogens with zero attached hydrogens (tertiary/aromatic N) is 2. The van der Waals surface area contributed by atoms with Crippen molar-refractivity contribution in [1.82, 2.24) is 4.90 Å². The maximum absolute atomic E-state index is 12.6. The number of likely N-dealkylation sites (tertiary alicyclic amines) is 1. The molecule has 1 atom stereocenters. The Bertz CT molecular complexity index is 730. The molecule has 1 saturated carbocycles. The Morgan fingerprint density at radius 3 is 2.77 bits per heavy atom. The zero-order valence-corrected chi connectivity index (χ0v) is 14.6. The van der Waals surface area contributed by atoms with Gasteiger partial charge in [-0.15, -0.1) is 0 Å². The van der Waals surface area contributed by atoms with Crippen molar-refractivity contribution in [1.29, 1.82) is 0 Å². The molecule has 1 unspecified atom stereocenters. The van der Waals surface area contributed by atoms with Crippen molar-refractivity contribution < 1.29 is 19.5 Å². The van der Waals surface area contributed by atoms with Crippen LogP contribution in [-0.2, 0) is 14.4 Å². The van der Waals surface area contributed by atoms with Crippen LogP contribution in [0.1, 0.15) is 32.1 Å². The van der Waals surface area contributed by atoms with E-state index in [0.29, 0.717) is 43.8 Å². The molecule has 26 heavy (non-hydrogen) atoms. The average molecular weight is 357 g/mol. The van der Waals surface area contributed by atoms with Crippen LogP contribution >= 0.6 is 0 Å². The molecule has 0 aromatic heterocycles. The Kier molecular flexibility index (Phi) is 4.40. The van der Waals surface area contributed by atoms with E-state index in [2.05, 4.69) is 10.5 Å². The maximum Gasteiger partial charge on any atom is 0.273 e. The Balaban J connectivity index is 1.36. The molecule has 0 bridgehead atoms. The molecule has 138 valence electrons. The minimum absolute atomic E-state index is 0.0803. The fraction of sp³-hybridized carbons (Fsp3) is 0.526. The first kappa shape index (κ1) is 17.0. The molecular formula is C19H23N3O4. The van der Waals surface area contributed by atoms with Crippen LogP contribution < -0.4 is 5.32 Å². The van der Waals surface area contributed by atoms with Crippen LogP contribution in [-0.4, -0.2) is 52.3 Å². The van der Waals surface area contributed by atoms with Gasteiger partial charge in [-0.2, -0.15) is 0 Å². The highest BCUT2D eigenvalue weighted by Gasteiger charge is 2.47. The van der Waals surface area contributed by atoms with Gasteiger partial charge >= 0.3 is 0 Å². The van der Waals surface area contributed by atoms with Crippen molar-refractivity contribution in [3.8, 4) is 0 Å². The molecule has 2 heterocycles. The Morgan fingerprint density at radius 2 is 2.04 bits per heavy atom. The lowest BCUT2D eigenvalue weighted by molar-refractivity contribution is -0.151. The molecule has 1 saturated heterocycles. The third-order valence-corrected chi connectivity index (χ3v) is 5.45. The van der Waals surface area contributed by atoms with E-state index in [-0.39, 0.29) is 23.8 Å². The van der Waals surface area contributed by atoms with Crippen LogP contribution in [0, 0.1) is 5.92 Å². The van der Waals surface area contributed by atoms with E-state index in [1.165, 1.54) is 0 Å². The number of carbonyl (C=O) groups excluding carboxylic acids is 2. The van der Waals surface area contributed by atoms with Crippen LogP contribution in [0.15, 0.2) is 35.5 Å². The second kappa shape index (κ2) is 6.72. The molecule has 1 aromatic rings. The topological polar surface area (TPSA) is 91.2 Å². The first-order valence-electron chi connectivity index (χ1n) is 9.13. The number of benzene rings is 1. The Hall–Kier alpha value is -2.41. The lowest BCUT2D eigenvalue weighted by Crippen LogP contribution is -2.54. The monoisotopic (exact) mass is 357 g/mol. The van der Waals surface area contributed by atoms with Crippen LogP contribution in [0.2, 0.25) is 0 Å². The fourth-order valence-electron chi connectivity index (χ4n) is 3.92. The van der Waals surface area contributed by atoms with Gasteiger partial charge in [-0.05, 0) is 37.8 Å². The largest absolute Gasteiger partial charge is 0.393 e. The number of para-hydroxylation sites is 1. The maximum atomic E-state index is 12.6. The SMILES string of the molecule is O=C(Nc1ccccc1)C1=NOC2(CCCN(C(=O)C3CC(O)C3)C2)C1. The number of hydrogen-bond acceptors (Lipinski definition) is 5. The number of piperidine rings is 1. The van der Waals surface area contributed by atoms with E-state index < -0.39 is 5.60 Å². The molecule has 7 heteroatoms. The molecule has 1 aliphatic carbocycles. The third-order valence-electron chi connectivity index (χ3n) is 5.45. The van der Waals surface area contributed by atoms with E-state index in [0.717, 1.165) is 12.8 Å². The summed E-state index contributed by atoms with van der Waals surface area (Å²) in [5.41, 5.74) is 0.479. The number of amides is 2. The number of aliphatic hydroxyl groups excluding tert-OH is 1. The molecule has 2 N–H and O–H groups in total. The predicted octanol–water partition coefficient (Wildman–Crippen LogP) is 1.53. The van der Waals surface area contributed by atoms with Gasteiger partial charge in [0.15, 0.2) is 5.60 Å². The highest BCUT2D eigenvalue weighted by molar-refractivity contribution is 6.43. The van der Waals surface area contributed by atoms with Crippen molar-refractivity contribution in [2.24, 2.45) is 11.1 Å². The summed E-state index contributed by atoms with van der Waals surface area (Å²) in [6, 6.07) is 9.23. The number of aliphatic hydroxyl groups is 1. The van der Waals surface area contributed by atoms with Crippen LogP contribution in [0.3, 0.4) is 0 Å². The van der Waals surface area contributed by atoms with Crippen LogP contribution in [0.5, 0.6) is 0 Å². The Morgan fingerprint density at radius 1 is 1.27 bits per heavy atom. The number of nitrogens with one attached hydrogen (secondary N) is 1. The van der Waals surface area contributed by atoms with Crippen molar-refractivity contribution in [3.05, 3.63) is 30.3 Å². The quantitative estimate of drug-likeness (QED) is 0.858. The molecule has 0 radical (unpaired) electrons. The van der Waals surface area contributed by atoms with E-state index in [1.54, 1.807) is 0 Å². The molecule has 1 spiro atoms. The number of hydrogen-bond donors (Lipinski definition) is 2. The summed E-state index contributed by atoms with van der Waals surface area (Å²) in [6.07, 6.45) is 2.75. The molecule has 2 amide bonds. The van der Waals surface area contributed by atoms with Gasteiger partial charge in [0.1, 0.15) is 5.71 Å². The molecular weight excluding hydrogens is 334 g/mol. The minimum atomic E-state index is -0.598. The smallest absolute Gasteiger partial charge is 0.273 e. The van der Waals surface area contributed by atoms with Gasteiger partial charge in [-0.25, -0.2) is 0 Å². The predicted molar refractivity (Wildman–Crippen MR) is 95.5 cm³/mol. The molecule has 2 aliphatic heterocycles. The molecule has 4 rings (SSSR count). The summed E-state index contributed by atoms with van der Waals surface area (Å²) in [5.74, 6) is -0.262. The van der Waals surface area contributed by atoms with Crippen molar-refractivity contribution in [3.63, 3.8) is 0 Å². The van der Waals surface area contributed by atoms with Gasteiger partial charge in [0, 0.05) is 24.6 Å².